The van der Waals surface area contributed by atoms with Crippen LogP contribution in [0.1, 0.15) is 40.9 Å². The van der Waals surface area contributed by atoms with Crippen molar-refractivity contribution in [1.82, 2.24) is 10.2 Å². The van der Waals surface area contributed by atoms with Gasteiger partial charge in [0.15, 0.2) is 0 Å². The first-order valence-electron chi connectivity index (χ1n) is 6.32. The van der Waals surface area contributed by atoms with Crippen molar-refractivity contribution >= 4 is 5.97 Å². The van der Waals surface area contributed by atoms with Crippen LogP contribution in [0.4, 0.5) is 0 Å². The summed E-state index contributed by atoms with van der Waals surface area (Å²) in [4.78, 5) is 11.9. The Labute approximate surface area is 107 Å². The van der Waals surface area contributed by atoms with Crippen LogP contribution >= 0.6 is 0 Å². The van der Waals surface area contributed by atoms with Gasteiger partial charge in [-0.1, -0.05) is 0 Å². The van der Waals surface area contributed by atoms with E-state index in [1.54, 1.807) is 7.11 Å². The van der Waals surface area contributed by atoms with Crippen LogP contribution in [0.5, 0.6) is 0 Å². The first kappa shape index (κ1) is 13.0. The number of rotatable bonds is 5. The summed E-state index contributed by atoms with van der Waals surface area (Å²) in [5, 5.41) is 7.98. The third kappa shape index (κ3) is 3.04. The van der Waals surface area contributed by atoms with Crippen LogP contribution in [0, 0.1) is 0 Å². The van der Waals surface area contributed by atoms with Gasteiger partial charge in [-0.15, -0.1) is 0 Å². The van der Waals surface area contributed by atoms with Gasteiger partial charge >= 0.3 is 5.97 Å². The number of hydrogen-bond acceptors (Lipinski definition) is 5. The molecule has 0 amide bonds. The van der Waals surface area contributed by atoms with Gasteiger partial charge in [0.2, 0.25) is 0 Å². The molecule has 1 aliphatic carbocycles. The second-order valence-electron chi connectivity index (χ2n) is 4.37. The van der Waals surface area contributed by atoms with Gasteiger partial charge in [-0.25, -0.2) is 4.79 Å². The molecule has 0 saturated carbocycles. The quantitative estimate of drug-likeness (QED) is 0.586. The monoisotopic (exact) mass is 250 g/mol. The van der Waals surface area contributed by atoms with E-state index in [4.69, 9.17) is 9.47 Å². The molecule has 1 aromatic rings. The average Bonchev–Trinajstić information content (AvgIpc) is 2.43. The SMILES string of the molecule is COCCCOC(=O)c1cnnc2c1CCCC2. The molecule has 0 fully saturated rings. The fourth-order valence-corrected chi connectivity index (χ4v) is 2.15. The number of fused-ring (bicyclic) bond motifs is 1. The molecule has 5 nitrogen and oxygen atoms in total. The minimum Gasteiger partial charge on any atom is -0.462 e. The molecule has 0 radical (unpaired) electrons. The van der Waals surface area contributed by atoms with Crippen molar-refractivity contribution in [2.24, 2.45) is 0 Å². The third-order valence-electron chi connectivity index (χ3n) is 3.07. The molecule has 0 aliphatic heterocycles. The largest absolute Gasteiger partial charge is 0.462 e. The zero-order valence-electron chi connectivity index (χ0n) is 10.6. The topological polar surface area (TPSA) is 61.3 Å². The molecular weight excluding hydrogens is 232 g/mol. The number of methoxy groups -OCH3 is 1. The van der Waals surface area contributed by atoms with Crippen molar-refractivity contribution < 1.29 is 14.3 Å². The average molecular weight is 250 g/mol. The standard InChI is InChI=1S/C13H18N2O3/c1-17-7-4-8-18-13(16)11-9-14-15-12-6-3-2-5-10(11)12/h9H,2-8H2,1H3. The Morgan fingerprint density at radius 2 is 2.17 bits per heavy atom. The van der Waals surface area contributed by atoms with Crippen molar-refractivity contribution in [2.75, 3.05) is 20.3 Å². The van der Waals surface area contributed by atoms with Crippen LogP contribution < -0.4 is 0 Å². The first-order valence-corrected chi connectivity index (χ1v) is 6.32. The smallest absolute Gasteiger partial charge is 0.340 e. The molecule has 98 valence electrons. The van der Waals surface area contributed by atoms with E-state index < -0.39 is 0 Å². The molecule has 1 heterocycles. The summed E-state index contributed by atoms with van der Waals surface area (Å²) in [5.74, 6) is -0.292. The summed E-state index contributed by atoms with van der Waals surface area (Å²) >= 11 is 0. The molecule has 0 saturated heterocycles. The molecule has 0 spiro atoms. The van der Waals surface area contributed by atoms with E-state index in [0.717, 1.165) is 36.9 Å². The van der Waals surface area contributed by atoms with Crippen LogP contribution in [0.3, 0.4) is 0 Å². The summed E-state index contributed by atoms with van der Waals surface area (Å²) in [5.41, 5.74) is 2.55. The molecule has 1 aliphatic rings. The van der Waals surface area contributed by atoms with Crippen molar-refractivity contribution in [3.05, 3.63) is 23.0 Å². The Morgan fingerprint density at radius 3 is 3.00 bits per heavy atom. The molecule has 2 rings (SSSR count). The lowest BCUT2D eigenvalue weighted by Gasteiger charge is -2.16. The van der Waals surface area contributed by atoms with Gasteiger partial charge in [0.25, 0.3) is 0 Å². The highest BCUT2D eigenvalue weighted by Crippen LogP contribution is 2.22. The minimum atomic E-state index is -0.292. The maximum absolute atomic E-state index is 11.9. The fraction of sp³-hybridized carbons (Fsp3) is 0.615. The Kier molecular flexibility index (Phi) is 4.64. The molecule has 0 unspecified atom stereocenters. The summed E-state index contributed by atoms with van der Waals surface area (Å²) in [6, 6.07) is 0. The normalized spacial score (nSPS) is 14.1. The number of carbonyl (C=O) groups excluding carboxylic acids is 1. The van der Waals surface area contributed by atoms with Gasteiger partial charge in [-0.2, -0.15) is 10.2 Å². The molecule has 0 atom stereocenters. The second-order valence-corrected chi connectivity index (χ2v) is 4.37. The van der Waals surface area contributed by atoms with Crippen LogP contribution in [-0.4, -0.2) is 36.5 Å². The Morgan fingerprint density at radius 1 is 1.33 bits per heavy atom. The summed E-state index contributed by atoms with van der Waals surface area (Å²) < 4.78 is 10.1. The van der Waals surface area contributed by atoms with E-state index >= 15 is 0 Å². The molecule has 0 aromatic carbocycles. The van der Waals surface area contributed by atoms with Crippen molar-refractivity contribution in [2.45, 2.75) is 32.1 Å². The lowest BCUT2D eigenvalue weighted by molar-refractivity contribution is 0.0466. The van der Waals surface area contributed by atoms with Gasteiger partial charge < -0.3 is 9.47 Å². The predicted octanol–water partition coefficient (Wildman–Crippen LogP) is 1.55. The number of aryl methyl sites for hydroxylation is 1. The molecule has 5 heteroatoms. The number of aromatic nitrogens is 2. The van der Waals surface area contributed by atoms with E-state index in [1.165, 1.54) is 6.20 Å². The Bertz CT molecular complexity index is 421. The van der Waals surface area contributed by atoms with E-state index in [2.05, 4.69) is 10.2 Å². The van der Waals surface area contributed by atoms with Crippen molar-refractivity contribution in [3.63, 3.8) is 0 Å². The highest BCUT2D eigenvalue weighted by Gasteiger charge is 2.20. The zero-order chi connectivity index (χ0) is 12.8. The minimum absolute atomic E-state index is 0.292. The fourth-order valence-electron chi connectivity index (χ4n) is 2.15. The zero-order valence-corrected chi connectivity index (χ0v) is 10.6. The summed E-state index contributed by atoms with van der Waals surface area (Å²) in [6.07, 6.45) is 6.25. The molecular formula is C13H18N2O3. The number of nitrogens with zero attached hydrogens (tertiary/aromatic N) is 2. The lowest BCUT2D eigenvalue weighted by Crippen LogP contribution is -2.16. The second kappa shape index (κ2) is 6.44. The van der Waals surface area contributed by atoms with E-state index in [-0.39, 0.29) is 5.97 Å². The van der Waals surface area contributed by atoms with Gasteiger partial charge in [0.1, 0.15) is 0 Å². The number of ether oxygens (including phenoxy) is 2. The summed E-state index contributed by atoms with van der Waals surface area (Å²) in [7, 11) is 1.63. The summed E-state index contributed by atoms with van der Waals surface area (Å²) in [6.45, 7) is 0.976. The van der Waals surface area contributed by atoms with Gasteiger partial charge in [0.05, 0.1) is 24.1 Å². The highest BCUT2D eigenvalue weighted by molar-refractivity contribution is 5.91. The Hall–Kier alpha value is -1.49. The van der Waals surface area contributed by atoms with Crippen LogP contribution in [0.25, 0.3) is 0 Å². The Balaban J connectivity index is 2.01. The van der Waals surface area contributed by atoms with E-state index in [1.807, 2.05) is 0 Å². The van der Waals surface area contributed by atoms with Gasteiger partial charge in [-0.3, -0.25) is 0 Å². The van der Waals surface area contributed by atoms with Gasteiger partial charge in [-0.05, 0) is 31.2 Å². The van der Waals surface area contributed by atoms with Crippen LogP contribution in [0.15, 0.2) is 6.20 Å². The van der Waals surface area contributed by atoms with Gasteiger partial charge in [0, 0.05) is 20.1 Å². The molecule has 0 N–H and O–H groups in total. The number of esters is 1. The molecule has 1 aromatic heterocycles. The number of hydrogen-bond donors (Lipinski definition) is 0. The first-order chi connectivity index (χ1) is 8.83. The third-order valence-corrected chi connectivity index (χ3v) is 3.07. The maximum Gasteiger partial charge on any atom is 0.340 e. The predicted molar refractivity (Wildman–Crippen MR) is 65.4 cm³/mol. The van der Waals surface area contributed by atoms with Crippen LogP contribution in [-0.2, 0) is 22.3 Å². The van der Waals surface area contributed by atoms with Crippen molar-refractivity contribution in [1.29, 1.82) is 0 Å². The van der Waals surface area contributed by atoms with E-state index in [9.17, 15) is 4.79 Å². The highest BCUT2D eigenvalue weighted by atomic mass is 16.5. The van der Waals surface area contributed by atoms with E-state index in [0.29, 0.717) is 25.2 Å². The molecule has 18 heavy (non-hydrogen) atoms. The molecule has 0 bridgehead atoms. The number of carbonyl (C=O) groups is 1. The maximum atomic E-state index is 11.9. The van der Waals surface area contributed by atoms with Crippen LogP contribution in [0.2, 0.25) is 0 Å². The van der Waals surface area contributed by atoms with Crippen molar-refractivity contribution in [3.8, 4) is 0 Å². The lowest BCUT2D eigenvalue weighted by atomic mass is 9.93.